The number of rotatable bonds is 0. The lowest BCUT2D eigenvalue weighted by molar-refractivity contribution is 0.230. The van der Waals surface area contributed by atoms with Crippen molar-refractivity contribution in [1.29, 1.82) is 0 Å². The Hall–Kier alpha value is -0.770. The topological polar surface area (TPSA) is 53.2 Å². The molecule has 3 N–H and O–H groups in total. The predicted molar refractivity (Wildman–Crippen MR) is 24.5 cm³/mol. The molecule has 7 heavy (non-hydrogen) atoms. The first kappa shape index (κ1) is 4.39. The van der Waals surface area contributed by atoms with Crippen LogP contribution < -0.4 is 16.2 Å². The average molecular weight is 101 g/mol. The number of carbonyl (C=O) groups is 1. The van der Waals surface area contributed by atoms with Crippen molar-refractivity contribution in [2.75, 3.05) is 13.1 Å². The normalized spacial score (nSPS) is 20.3. The molecule has 1 heterocycles. The molecule has 0 aromatic rings. The molecule has 0 aromatic heterocycles. The Morgan fingerprint density at radius 1 is 1.43 bits per heavy atom. The van der Waals surface area contributed by atoms with Gasteiger partial charge in [-0.05, 0) is 0 Å². The molecule has 1 fully saturated rings. The molecule has 0 aliphatic carbocycles. The Morgan fingerprint density at radius 2 is 2.29 bits per heavy atom. The summed E-state index contributed by atoms with van der Waals surface area (Å²) in [4.78, 5) is 10.2. The average Bonchev–Trinajstić information content (AvgIpc) is 1.69. The Bertz CT molecular complexity index is 74.2. The molecular formula is C3H7N3O. The van der Waals surface area contributed by atoms with Gasteiger partial charge in [-0.15, -0.1) is 0 Å². The minimum absolute atomic E-state index is 0.147. The van der Waals surface area contributed by atoms with Crippen LogP contribution in [0.4, 0.5) is 4.79 Å². The largest absolute Gasteiger partial charge is 0.336 e. The number of amides is 2. The van der Waals surface area contributed by atoms with E-state index in [1.165, 1.54) is 0 Å². The molecule has 1 aliphatic rings. The fraction of sp³-hybridized carbons (Fsp3) is 0.667. The molecule has 4 nitrogen and oxygen atoms in total. The fourth-order valence-corrected chi connectivity index (χ4v) is 0.426. The molecule has 0 atom stereocenters. The highest BCUT2D eigenvalue weighted by atomic mass is 16.2. The predicted octanol–water partition coefficient (Wildman–Crippen LogP) is -1.20. The first-order valence-electron chi connectivity index (χ1n) is 2.16. The van der Waals surface area contributed by atoms with E-state index in [4.69, 9.17) is 0 Å². The highest BCUT2D eigenvalue weighted by molar-refractivity contribution is 5.73. The Labute approximate surface area is 41.2 Å². The summed E-state index contributed by atoms with van der Waals surface area (Å²) in [6.45, 7) is 1.51. The zero-order valence-electron chi connectivity index (χ0n) is 3.82. The van der Waals surface area contributed by atoms with Crippen LogP contribution in [0.25, 0.3) is 0 Å². The summed E-state index contributed by atoms with van der Waals surface area (Å²) in [6.07, 6.45) is 0. The van der Waals surface area contributed by atoms with Crippen molar-refractivity contribution in [3.8, 4) is 0 Å². The summed E-state index contributed by atoms with van der Waals surface area (Å²) in [5.74, 6) is 0. The van der Waals surface area contributed by atoms with Crippen molar-refractivity contribution in [2.45, 2.75) is 0 Å². The molecule has 2 amide bonds. The first-order valence-corrected chi connectivity index (χ1v) is 2.16. The van der Waals surface area contributed by atoms with E-state index in [1.54, 1.807) is 0 Å². The second-order valence-corrected chi connectivity index (χ2v) is 1.31. The summed E-state index contributed by atoms with van der Waals surface area (Å²) in [7, 11) is 0. The van der Waals surface area contributed by atoms with Crippen molar-refractivity contribution in [2.24, 2.45) is 0 Å². The van der Waals surface area contributed by atoms with Gasteiger partial charge in [0.25, 0.3) is 0 Å². The minimum Gasteiger partial charge on any atom is -0.336 e. The molecule has 0 saturated carbocycles. The molecule has 0 aromatic carbocycles. The van der Waals surface area contributed by atoms with Gasteiger partial charge in [-0.2, -0.15) is 0 Å². The molecule has 1 rings (SSSR count). The fourth-order valence-electron chi connectivity index (χ4n) is 0.426. The Morgan fingerprint density at radius 3 is 2.57 bits per heavy atom. The van der Waals surface area contributed by atoms with Crippen LogP contribution in [0.2, 0.25) is 0 Å². The molecule has 0 spiro atoms. The van der Waals surface area contributed by atoms with Gasteiger partial charge in [-0.1, -0.05) is 0 Å². The van der Waals surface area contributed by atoms with Crippen LogP contribution in [0.1, 0.15) is 0 Å². The van der Waals surface area contributed by atoms with E-state index in [0.717, 1.165) is 6.54 Å². The third-order valence-corrected chi connectivity index (χ3v) is 0.737. The summed E-state index contributed by atoms with van der Waals surface area (Å²) >= 11 is 0. The number of hydrogen-bond acceptors (Lipinski definition) is 2. The minimum atomic E-state index is -0.147. The van der Waals surface area contributed by atoms with Gasteiger partial charge < -0.3 is 5.32 Å². The molecule has 0 unspecified atom stereocenters. The number of hydrazine groups is 1. The lowest BCUT2D eigenvalue weighted by Gasteiger charge is -2.13. The van der Waals surface area contributed by atoms with E-state index in [2.05, 4.69) is 16.2 Å². The van der Waals surface area contributed by atoms with Crippen LogP contribution in [0.15, 0.2) is 0 Å². The van der Waals surface area contributed by atoms with E-state index in [0.29, 0.717) is 6.54 Å². The van der Waals surface area contributed by atoms with Crippen molar-refractivity contribution in [1.82, 2.24) is 16.2 Å². The standard InChI is InChI=1S/C3H7N3O/c7-3-4-1-2-5-6-3/h5H,1-2H2,(H2,4,6,7). The van der Waals surface area contributed by atoms with Crippen LogP contribution in [-0.2, 0) is 0 Å². The lowest BCUT2D eigenvalue weighted by Crippen LogP contribution is -2.53. The van der Waals surface area contributed by atoms with Crippen LogP contribution in [0, 0.1) is 0 Å². The molecule has 40 valence electrons. The molecule has 0 bridgehead atoms. The van der Waals surface area contributed by atoms with Gasteiger partial charge in [-0.25, -0.2) is 10.2 Å². The number of carbonyl (C=O) groups excluding carboxylic acids is 1. The monoisotopic (exact) mass is 101 g/mol. The number of hydrogen-bond donors (Lipinski definition) is 3. The number of nitrogens with one attached hydrogen (secondary N) is 3. The SMILES string of the molecule is O=C1NCCNN1. The molecule has 1 saturated heterocycles. The maximum absolute atomic E-state index is 10.2. The van der Waals surface area contributed by atoms with Crippen molar-refractivity contribution >= 4 is 6.03 Å². The van der Waals surface area contributed by atoms with E-state index >= 15 is 0 Å². The quantitative estimate of drug-likeness (QED) is 0.359. The van der Waals surface area contributed by atoms with Gasteiger partial charge in [0.2, 0.25) is 0 Å². The maximum atomic E-state index is 10.2. The van der Waals surface area contributed by atoms with Gasteiger partial charge in [-0.3, -0.25) is 5.43 Å². The highest BCUT2D eigenvalue weighted by Crippen LogP contribution is 1.65. The summed E-state index contributed by atoms with van der Waals surface area (Å²) in [5, 5.41) is 2.57. The third kappa shape index (κ3) is 1.04. The third-order valence-electron chi connectivity index (χ3n) is 0.737. The second kappa shape index (κ2) is 1.79. The molecule has 0 radical (unpaired) electrons. The van der Waals surface area contributed by atoms with E-state index in [1.807, 2.05) is 0 Å². The van der Waals surface area contributed by atoms with E-state index in [-0.39, 0.29) is 6.03 Å². The van der Waals surface area contributed by atoms with E-state index < -0.39 is 0 Å². The van der Waals surface area contributed by atoms with Gasteiger partial charge >= 0.3 is 6.03 Å². The van der Waals surface area contributed by atoms with Crippen molar-refractivity contribution < 1.29 is 4.79 Å². The highest BCUT2D eigenvalue weighted by Gasteiger charge is 2.01. The van der Waals surface area contributed by atoms with Crippen molar-refractivity contribution in [3.05, 3.63) is 0 Å². The summed E-state index contributed by atoms with van der Waals surface area (Å²) in [6, 6.07) is -0.147. The van der Waals surface area contributed by atoms with Crippen molar-refractivity contribution in [3.63, 3.8) is 0 Å². The first-order chi connectivity index (χ1) is 3.39. The Kier molecular flexibility index (Phi) is 1.12. The van der Waals surface area contributed by atoms with Crippen LogP contribution >= 0.6 is 0 Å². The van der Waals surface area contributed by atoms with Gasteiger partial charge in [0.1, 0.15) is 0 Å². The molecule has 4 heteroatoms. The van der Waals surface area contributed by atoms with Gasteiger partial charge in [0, 0.05) is 13.1 Å². The summed E-state index contributed by atoms with van der Waals surface area (Å²) in [5.41, 5.74) is 5.05. The van der Waals surface area contributed by atoms with E-state index in [9.17, 15) is 4.79 Å². The summed E-state index contributed by atoms with van der Waals surface area (Å²) < 4.78 is 0. The van der Waals surface area contributed by atoms with Crippen LogP contribution in [0.3, 0.4) is 0 Å². The zero-order chi connectivity index (χ0) is 5.11. The number of urea groups is 1. The molecule has 1 aliphatic heterocycles. The van der Waals surface area contributed by atoms with Crippen LogP contribution in [-0.4, -0.2) is 19.1 Å². The second-order valence-electron chi connectivity index (χ2n) is 1.31. The lowest BCUT2D eigenvalue weighted by atomic mass is 10.6. The van der Waals surface area contributed by atoms with Crippen LogP contribution in [0.5, 0.6) is 0 Å². The zero-order valence-corrected chi connectivity index (χ0v) is 3.82. The van der Waals surface area contributed by atoms with Gasteiger partial charge in [0.15, 0.2) is 0 Å². The molecular weight excluding hydrogens is 94.1 g/mol. The van der Waals surface area contributed by atoms with Gasteiger partial charge in [0.05, 0.1) is 0 Å². The smallest absolute Gasteiger partial charge is 0.329 e. The Balaban J connectivity index is 2.25. The maximum Gasteiger partial charge on any atom is 0.329 e.